The first-order chi connectivity index (χ1) is 21.3. The van der Waals surface area contributed by atoms with Crippen LogP contribution in [0.2, 0.25) is 5.02 Å². The molecule has 2 aromatic carbocycles. The van der Waals surface area contributed by atoms with Crippen molar-refractivity contribution in [2.45, 2.75) is 32.2 Å². The summed E-state index contributed by atoms with van der Waals surface area (Å²) in [5.41, 5.74) is 5.01. The number of carbonyl (C=O) groups is 1. The zero-order valence-electron chi connectivity index (χ0n) is 23.7. The van der Waals surface area contributed by atoms with Gasteiger partial charge in [-0.25, -0.2) is 9.37 Å². The molecule has 10 heteroatoms. The van der Waals surface area contributed by atoms with Crippen LogP contribution in [0.25, 0.3) is 33.5 Å². The van der Waals surface area contributed by atoms with E-state index >= 15 is 0 Å². The summed E-state index contributed by atoms with van der Waals surface area (Å²) in [6.07, 6.45) is 7.63. The predicted octanol–water partition coefficient (Wildman–Crippen LogP) is 7.05. The van der Waals surface area contributed by atoms with E-state index in [-0.39, 0.29) is 17.4 Å². The van der Waals surface area contributed by atoms with Crippen LogP contribution in [-0.4, -0.2) is 25.4 Å². The number of nitriles is 1. The molecule has 8 nitrogen and oxygen atoms in total. The molecule has 0 fully saturated rings. The van der Waals surface area contributed by atoms with Gasteiger partial charge in [-0.05, 0) is 66.4 Å². The van der Waals surface area contributed by atoms with Crippen molar-refractivity contribution in [1.82, 2.24) is 19.5 Å². The lowest BCUT2D eigenvalue weighted by Crippen LogP contribution is -2.27. The first kappa shape index (κ1) is 28.9. The normalized spacial score (nSPS) is 16.5. The Morgan fingerprint density at radius 1 is 0.955 bits per heavy atom. The maximum atomic E-state index is 14.0. The predicted molar refractivity (Wildman–Crippen MR) is 166 cm³/mol. The molecule has 0 saturated carbocycles. The van der Waals surface area contributed by atoms with E-state index in [2.05, 4.69) is 26.3 Å². The minimum Gasteiger partial charge on any atom is -0.325 e. The number of benzene rings is 2. The Bertz CT molecular complexity index is 2000. The van der Waals surface area contributed by atoms with Gasteiger partial charge in [-0.2, -0.15) is 5.26 Å². The van der Waals surface area contributed by atoms with Gasteiger partial charge in [0.2, 0.25) is 5.91 Å². The first-order valence-corrected chi connectivity index (χ1v) is 14.5. The minimum absolute atomic E-state index is 0.137. The van der Waals surface area contributed by atoms with Crippen molar-refractivity contribution in [3.05, 3.63) is 118 Å². The van der Waals surface area contributed by atoms with Crippen LogP contribution in [-0.2, 0) is 4.79 Å². The Labute approximate surface area is 257 Å². The van der Waals surface area contributed by atoms with Crippen LogP contribution in [0.5, 0.6) is 0 Å². The molecule has 44 heavy (non-hydrogen) atoms. The third-order valence-corrected chi connectivity index (χ3v) is 8.08. The molecule has 1 amide bonds. The van der Waals surface area contributed by atoms with E-state index < -0.39 is 11.9 Å². The first-order valence-electron chi connectivity index (χ1n) is 14.1. The zero-order chi connectivity index (χ0) is 30.8. The van der Waals surface area contributed by atoms with Crippen molar-refractivity contribution in [3.8, 4) is 39.6 Å². The molecule has 1 N–H and O–H groups in total. The fraction of sp³-hybridized carbons (Fsp3) is 0.176. The average Bonchev–Trinajstić information content (AvgIpc) is 3.03. The van der Waals surface area contributed by atoms with E-state index in [0.29, 0.717) is 63.6 Å². The Hall–Kier alpha value is -5.20. The van der Waals surface area contributed by atoms with Gasteiger partial charge in [-0.3, -0.25) is 24.1 Å². The molecule has 2 atom stereocenters. The molecule has 0 aliphatic carbocycles. The SMILES string of the molecule is CC1CCCC(n2cnc(-c3cc(Cl)ccc3-c3cncc(F)c3)cc2=O)c2cc(ccn2)-c2ccc(C#N)cc2NC1=O. The number of halogens is 2. The summed E-state index contributed by atoms with van der Waals surface area (Å²) in [6, 6.07) is 18.5. The van der Waals surface area contributed by atoms with Gasteiger partial charge in [-0.15, -0.1) is 0 Å². The van der Waals surface area contributed by atoms with Crippen molar-refractivity contribution in [3.63, 3.8) is 0 Å². The van der Waals surface area contributed by atoms with Crippen LogP contribution < -0.4 is 10.9 Å². The van der Waals surface area contributed by atoms with E-state index in [4.69, 9.17) is 11.6 Å². The lowest BCUT2D eigenvalue weighted by atomic mass is 9.95. The van der Waals surface area contributed by atoms with Crippen molar-refractivity contribution < 1.29 is 9.18 Å². The van der Waals surface area contributed by atoms with Gasteiger partial charge in [0, 0.05) is 51.8 Å². The van der Waals surface area contributed by atoms with E-state index in [1.165, 1.54) is 18.5 Å². The number of nitrogens with zero attached hydrogens (tertiary/aromatic N) is 5. The number of anilines is 1. The number of hydrogen-bond donors (Lipinski definition) is 1. The molecule has 218 valence electrons. The standard InChI is InChI=1S/C34H26ClFN6O2/c1-20-3-2-4-32(31-13-22(9-10-39-31)27-7-5-21(16-37)11-30(27)41-34(20)44)42-19-40-29(15-33(42)43)28-14-24(35)6-8-26(28)23-12-25(36)18-38-17-23/h5-15,17-20,32H,2-4H2,1H3,(H,41,44). The van der Waals surface area contributed by atoms with Gasteiger partial charge in [0.05, 0.1) is 41.6 Å². The summed E-state index contributed by atoms with van der Waals surface area (Å²) in [7, 11) is 0. The maximum Gasteiger partial charge on any atom is 0.254 e. The molecule has 2 bridgehead atoms. The van der Waals surface area contributed by atoms with Crippen molar-refractivity contribution in [1.29, 1.82) is 5.26 Å². The number of nitrogens with one attached hydrogen (secondary N) is 1. The zero-order valence-corrected chi connectivity index (χ0v) is 24.4. The minimum atomic E-state index is -0.482. The summed E-state index contributed by atoms with van der Waals surface area (Å²) < 4.78 is 15.6. The summed E-state index contributed by atoms with van der Waals surface area (Å²) in [5, 5.41) is 12.9. The monoisotopic (exact) mass is 604 g/mol. The van der Waals surface area contributed by atoms with Crippen LogP contribution in [0.15, 0.2) is 90.4 Å². The topological polar surface area (TPSA) is 114 Å². The molecule has 2 unspecified atom stereocenters. The third kappa shape index (κ3) is 5.85. The van der Waals surface area contributed by atoms with Crippen LogP contribution >= 0.6 is 11.6 Å². The maximum absolute atomic E-state index is 14.0. The van der Waals surface area contributed by atoms with Crippen LogP contribution in [0, 0.1) is 23.1 Å². The smallest absolute Gasteiger partial charge is 0.254 e. The van der Waals surface area contributed by atoms with Crippen molar-refractivity contribution >= 4 is 23.2 Å². The number of hydrogen-bond acceptors (Lipinski definition) is 6. The second-order valence-electron chi connectivity index (χ2n) is 10.8. The second kappa shape index (κ2) is 12.2. The molecular weight excluding hydrogens is 579 g/mol. The highest BCUT2D eigenvalue weighted by atomic mass is 35.5. The van der Waals surface area contributed by atoms with Crippen LogP contribution in [0.3, 0.4) is 0 Å². The highest BCUT2D eigenvalue weighted by Gasteiger charge is 2.23. The Morgan fingerprint density at radius 3 is 2.59 bits per heavy atom. The molecule has 0 spiro atoms. The molecular formula is C34H26ClFN6O2. The van der Waals surface area contributed by atoms with E-state index in [9.17, 15) is 19.2 Å². The number of aromatic nitrogens is 4. The Morgan fingerprint density at radius 2 is 1.80 bits per heavy atom. The molecule has 5 aromatic rings. The van der Waals surface area contributed by atoms with Gasteiger partial charge < -0.3 is 5.32 Å². The summed E-state index contributed by atoms with van der Waals surface area (Å²) in [5.74, 6) is -0.915. The number of carbonyl (C=O) groups excluding carboxylic acids is 1. The highest BCUT2D eigenvalue weighted by molar-refractivity contribution is 6.31. The average molecular weight is 605 g/mol. The fourth-order valence-electron chi connectivity index (χ4n) is 5.53. The molecule has 0 saturated heterocycles. The molecule has 1 aliphatic rings. The highest BCUT2D eigenvalue weighted by Crippen LogP contribution is 2.35. The van der Waals surface area contributed by atoms with Crippen molar-refractivity contribution in [2.24, 2.45) is 5.92 Å². The summed E-state index contributed by atoms with van der Waals surface area (Å²) in [6.45, 7) is 1.86. The lowest BCUT2D eigenvalue weighted by molar-refractivity contribution is -0.119. The number of amides is 1. The molecule has 4 heterocycles. The van der Waals surface area contributed by atoms with Gasteiger partial charge in [0.1, 0.15) is 5.82 Å². The largest absolute Gasteiger partial charge is 0.325 e. The molecule has 3 aromatic heterocycles. The van der Waals surface area contributed by atoms with Gasteiger partial charge in [0.15, 0.2) is 0 Å². The number of rotatable bonds is 3. The molecule has 0 radical (unpaired) electrons. The summed E-state index contributed by atoms with van der Waals surface area (Å²) >= 11 is 6.32. The van der Waals surface area contributed by atoms with Gasteiger partial charge >= 0.3 is 0 Å². The van der Waals surface area contributed by atoms with Gasteiger partial charge in [0.25, 0.3) is 5.56 Å². The number of fused-ring (bicyclic) bond motifs is 4. The van der Waals surface area contributed by atoms with E-state index in [1.807, 2.05) is 19.1 Å². The third-order valence-electron chi connectivity index (χ3n) is 7.85. The summed E-state index contributed by atoms with van der Waals surface area (Å²) in [4.78, 5) is 40.1. The van der Waals surface area contributed by atoms with Gasteiger partial charge in [-0.1, -0.05) is 37.1 Å². The fourth-order valence-corrected chi connectivity index (χ4v) is 5.70. The molecule has 6 rings (SSSR count). The second-order valence-corrected chi connectivity index (χ2v) is 11.2. The van der Waals surface area contributed by atoms with Crippen LogP contribution in [0.1, 0.15) is 43.5 Å². The lowest BCUT2D eigenvalue weighted by Gasteiger charge is -2.23. The Balaban J connectivity index is 1.44. The van der Waals surface area contributed by atoms with Crippen LogP contribution in [0.4, 0.5) is 10.1 Å². The van der Waals surface area contributed by atoms with Crippen molar-refractivity contribution in [2.75, 3.05) is 5.32 Å². The molecule has 1 aliphatic heterocycles. The van der Waals surface area contributed by atoms with E-state index in [0.717, 1.165) is 17.3 Å². The van der Waals surface area contributed by atoms with E-state index in [1.54, 1.807) is 53.4 Å². The number of pyridine rings is 2. The quantitative estimate of drug-likeness (QED) is 0.236. The Kier molecular flexibility index (Phi) is 8.01.